The number of rotatable bonds is 14. The summed E-state index contributed by atoms with van der Waals surface area (Å²) in [4.78, 5) is 11.7. The largest absolute Gasteiger partial charge is 0.462 e. The monoisotopic (exact) mass is 354 g/mol. The summed E-state index contributed by atoms with van der Waals surface area (Å²) in [5, 5.41) is 0. The second-order valence-electron chi connectivity index (χ2n) is 6.62. The zero-order chi connectivity index (χ0) is 18.3. The summed E-state index contributed by atoms with van der Waals surface area (Å²) in [5.74, 6) is -2.67. The van der Waals surface area contributed by atoms with Gasteiger partial charge in [-0.05, 0) is 18.6 Å². The number of unbranched alkanes of at least 4 members (excludes halogenated alkanes) is 11. The van der Waals surface area contributed by atoms with Crippen LogP contribution in [0.15, 0.2) is 18.2 Å². The average Bonchev–Trinajstić information content (AvgIpc) is 2.59. The molecule has 0 aliphatic carbocycles. The van der Waals surface area contributed by atoms with Crippen LogP contribution in [-0.2, 0) is 4.74 Å². The molecule has 0 fully saturated rings. The van der Waals surface area contributed by atoms with Crippen LogP contribution in [0.5, 0.6) is 0 Å². The normalized spacial score (nSPS) is 10.8. The van der Waals surface area contributed by atoms with Crippen LogP contribution in [0.4, 0.5) is 8.78 Å². The molecule has 0 N–H and O–H groups in total. The molecular formula is C21H32F2O2. The fourth-order valence-electron chi connectivity index (χ4n) is 2.87. The van der Waals surface area contributed by atoms with Gasteiger partial charge in [-0.2, -0.15) is 0 Å². The maximum Gasteiger partial charge on any atom is 0.344 e. The van der Waals surface area contributed by atoms with E-state index in [2.05, 4.69) is 6.92 Å². The number of carbonyl (C=O) groups excluding carboxylic acids is 1. The van der Waals surface area contributed by atoms with E-state index in [1.165, 1.54) is 63.9 Å². The Morgan fingerprint density at radius 1 is 0.800 bits per heavy atom. The number of carbonyl (C=O) groups is 1. The minimum absolute atomic E-state index is 0.212. The number of halogens is 2. The van der Waals surface area contributed by atoms with E-state index >= 15 is 0 Å². The van der Waals surface area contributed by atoms with Crippen molar-refractivity contribution in [1.82, 2.24) is 0 Å². The van der Waals surface area contributed by atoms with Crippen LogP contribution < -0.4 is 0 Å². The highest BCUT2D eigenvalue weighted by Crippen LogP contribution is 2.14. The van der Waals surface area contributed by atoms with Gasteiger partial charge in [-0.25, -0.2) is 13.6 Å². The van der Waals surface area contributed by atoms with Gasteiger partial charge in [0.2, 0.25) is 0 Å². The Kier molecular flexibility index (Phi) is 11.9. The summed E-state index contributed by atoms with van der Waals surface area (Å²) in [6, 6.07) is 3.35. The zero-order valence-electron chi connectivity index (χ0n) is 15.5. The van der Waals surface area contributed by atoms with Crippen molar-refractivity contribution in [1.29, 1.82) is 0 Å². The van der Waals surface area contributed by atoms with Crippen LogP contribution in [0.25, 0.3) is 0 Å². The van der Waals surface area contributed by atoms with Crippen molar-refractivity contribution >= 4 is 5.97 Å². The third-order valence-electron chi connectivity index (χ3n) is 4.40. The van der Waals surface area contributed by atoms with Crippen molar-refractivity contribution in [2.24, 2.45) is 0 Å². The maximum absolute atomic E-state index is 13.4. The molecule has 1 aromatic carbocycles. The van der Waals surface area contributed by atoms with Crippen LogP contribution in [-0.4, -0.2) is 12.6 Å². The Bertz CT molecular complexity index is 469. The molecule has 0 aromatic heterocycles. The van der Waals surface area contributed by atoms with Gasteiger partial charge in [0.25, 0.3) is 0 Å². The minimum atomic E-state index is -0.918. The molecule has 4 heteroatoms. The van der Waals surface area contributed by atoms with E-state index in [1.807, 2.05) is 0 Å². The van der Waals surface area contributed by atoms with Crippen LogP contribution in [0.3, 0.4) is 0 Å². The lowest BCUT2D eigenvalue weighted by Crippen LogP contribution is -2.11. The quantitative estimate of drug-likeness (QED) is 0.270. The Morgan fingerprint density at radius 3 is 1.72 bits per heavy atom. The molecule has 0 aliphatic heterocycles. The molecule has 0 bridgehead atoms. The van der Waals surface area contributed by atoms with Crippen molar-refractivity contribution in [3.8, 4) is 0 Å². The molecule has 0 aliphatic rings. The van der Waals surface area contributed by atoms with E-state index in [1.54, 1.807) is 0 Å². The fraction of sp³-hybridized carbons (Fsp3) is 0.667. The van der Waals surface area contributed by atoms with Gasteiger partial charge >= 0.3 is 5.97 Å². The third kappa shape index (κ3) is 9.57. The zero-order valence-corrected chi connectivity index (χ0v) is 15.5. The summed E-state index contributed by atoms with van der Waals surface area (Å²) in [6.07, 6.45) is 14.6. The molecular weight excluding hydrogens is 322 g/mol. The first kappa shape index (κ1) is 21.6. The highest BCUT2D eigenvalue weighted by Gasteiger charge is 2.17. The SMILES string of the molecule is CCCCCCCCCCCCCCOC(=O)c1c(F)cccc1F. The van der Waals surface area contributed by atoms with Crippen molar-refractivity contribution in [2.75, 3.05) is 6.61 Å². The number of ether oxygens (including phenoxy) is 1. The lowest BCUT2D eigenvalue weighted by atomic mass is 10.1. The van der Waals surface area contributed by atoms with Gasteiger partial charge in [-0.15, -0.1) is 0 Å². The lowest BCUT2D eigenvalue weighted by molar-refractivity contribution is 0.0486. The summed E-state index contributed by atoms with van der Waals surface area (Å²) < 4.78 is 31.8. The highest BCUT2D eigenvalue weighted by atomic mass is 19.1. The summed E-state index contributed by atoms with van der Waals surface area (Å²) in [5.41, 5.74) is -0.596. The van der Waals surface area contributed by atoms with E-state index in [4.69, 9.17) is 4.74 Å². The van der Waals surface area contributed by atoms with E-state index < -0.39 is 23.2 Å². The molecule has 0 atom stereocenters. The van der Waals surface area contributed by atoms with Crippen LogP contribution in [0.2, 0.25) is 0 Å². The first-order chi connectivity index (χ1) is 12.2. The van der Waals surface area contributed by atoms with Gasteiger partial charge in [-0.1, -0.05) is 83.6 Å². The van der Waals surface area contributed by atoms with Crippen molar-refractivity contribution < 1.29 is 18.3 Å². The Morgan fingerprint density at radius 2 is 1.24 bits per heavy atom. The molecule has 142 valence electrons. The van der Waals surface area contributed by atoms with Gasteiger partial charge in [-0.3, -0.25) is 0 Å². The maximum atomic E-state index is 13.4. The molecule has 0 saturated carbocycles. The molecule has 0 radical (unpaired) electrons. The first-order valence-corrected chi connectivity index (χ1v) is 9.78. The van der Waals surface area contributed by atoms with E-state index in [9.17, 15) is 13.6 Å². The number of hydrogen-bond acceptors (Lipinski definition) is 2. The van der Waals surface area contributed by atoms with Gasteiger partial charge < -0.3 is 4.74 Å². The van der Waals surface area contributed by atoms with Crippen LogP contribution in [0.1, 0.15) is 94.3 Å². The van der Waals surface area contributed by atoms with Crippen LogP contribution >= 0.6 is 0 Å². The fourth-order valence-corrected chi connectivity index (χ4v) is 2.87. The molecule has 0 heterocycles. The van der Waals surface area contributed by atoms with Gasteiger partial charge in [0.05, 0.1) is 6.61 Å². The predicted molar refractivity (Wildman–Crippen MR) is 97.7 cm³/mol. The second kappa shape index (κ2) is 13.8. The molecule has 0 saturated heterocycles. The standard InChI is InChI=1S/C21H32F2O2/c1-2-3-4-5-6-7-8-9-10-11-12-13-17-25-21(24)20-18(22)15-14-16-19(20)23/h14-16H,2-13,17H2,1H3. The highest BCUT2D eigenvalue weighted by molar-refractivity contribution is 5.89. The molecule has 25 heavy (non-hydrogen) atoms. The molecule has 1 rings (SSSR count). The number of hydrogen-bond donors (Lipinski definition) is 0. The lowest BCUT2D eigenvalue weighted by Gasteiger charge is -2.06. The van der Waals surface area contributed by atoms with Crippen molar-refractivity contribution in [3.05, 3.63) is 35.4 Å². The van der Waals surface area contributed by atoms with Gasteiger partial charge in [0.15, 0.2) is 0 Å². The van der Waals surface area contributed by atoms with E-state index in [0.29, 0.717) is 0 Å². The second-order valence-corrected chi connectivity index (χ2v) is 6.62. The molecule has 0 unspecified atom stereocenters. The minimum Gasteiger partial charge on any atom is -0.462 e. The summed E-state index contributed by atoms with van der Waals surface area (Å²) >= 11 is 0. The number of benzene rings is 1. The Hall–Kier alpha value is -1.45. The van der Waals surface area contributed by atoms with Crippen LogP contribution in [0, 0.1) is 11.6 Å². The van der Waals surface area contributed by atoms with E-state index in [-0.39, 0.29) is 6.61 Å². The van der Waals surface area contributed by atoms with Crippen molar-refractivity contribution in [3.63, 3.8) is 0 Å². The average molecular weight is 354 g/mol. The third-order valence-corrected chi connectivity index (χ3v) is 4.40. The summed E-state index contributed by atoms with van der Waals surface area (Å²) in [7, 11) is 0. The molecule has 0 amide bonds. The van der Waals surface area contributed by atoms with Gasteiger partial charge in [0, 0.05) is 0 Å². The first-order valence-electron chi connectivity index (χ1n) is 9.78. The molecule has 1 aromatic rings. The molecule has 0 spiro atoms. The predicted octanol–water partition coefficient (Wildman–Crippen LogP) is 6.82. The Balaban J connectivity index is 1.96. The topological polar surface area (TPSA) is 26.3 Å². The van der Waals surface area contributed by atoms with Crippen molar-refractivity contribution in [2.45, 2.75) is 84.0 Å². The number of esters is 1. The van der Waals surface area contributed by atoms with Gasteiger partial charge in [0.1, 0.15) is 17.2 Å². The smallest absolute Gasteiger partial charge is 0.344 e. The van der Waals surface area contributed by atoms with E-state index in [0.717, 1.165) is 31.4 Å². The molecule has 2 nitrogen and oxygen atoms in total. The summed E-state index contributed by atoms with van der Waals surface area (Å²) in [6.45, 7) is 2.45. The Labute approximate surface area is 151 Å².